The second-order valence-electron chi connectivity index (χ2n) is 2.78. The summed E-state index contributed by atoms with van der Waals surface area (Å²) in [6.07, 6.45) is 3.71. The number of hydrogen-bond acceptors (Lipinski definition) is 3. The van der Waals surface area contributed by atoms with Crippen molar-refractivity contribution in [3.8, 4) is 0 Å². The summed E-state index contributed by atoms with van der Waals surface area (Å²) in [7, 11) is 0. The molecule has 0 radical (unpaired) electrons. The van der Waals surface area contributed by atoms with Crippen LogP contribution in [0.15, 0.2) is 5.11 Å². The van der Waals surface area contributed by atoms with E-state index in [0.717, 1.165) is 12.8 Å². The molecule has 1 unspecified atom stereocenters. The van der Waals surface area contributed by atoms with Crippen molar-refractivity contribution >= 4 is 17.7 Å². The van der Waals surface area contributed by atoms with Gasteiger partial charge in [-0.3, -0.25) is 4.79 Å². The molecule has 0 aromatic rings. The number of thioether (sulfide) groups is 1. The highest BCUT2D eigenvalue weighted by Gasteiger charge is 2.51. The Bertz CT molecular complexity index is 242. The molecule has 12 heavy (non-hydrogen) atoms. The molecule has 1 rings (SSSR count). The largest absolute Gasteiger partial charge is 0.369 e. The van der Waals surface area contributed by atoms with Crippen LogP contribution in [0.5, 0.6) is 0 Å². The van der Waals surface area contributed by atoms with E-state index in [1.54, 1.807) is 11.8 Å². The number of rotatable bonds is 4. The van der Waals surface area contributed by atoms with Crippen LogP contribution in [-0.4, -0.2) is 23.0 Å². The molecule has 1 amide bonds. The van der Waals surface area contributed by atoms with E-state index in [1.165, 1.54) is 0 Å². The average molecular weight is 186 g/mol. The lowest BCUT2D eigenvalue weighted by molar-refractivity contribution is -0.119. The van der Waals surface area contributed by atoms with Crippen LogP contribution in [0.4, 0.5) is 0 Å². The standard InChI is InChI=1S/C6H10N4OS/c1-12-6(2-3-6)4(5(7)11)9-10-8/h4H,2-3H2,1H3,(H2,7,11). The number of hydrogen-bond donors (Lipinski definition) is 1. The van der Waals surface area contributed by atoms with Crippen molar-refractivity contribution < 1.29 is 4.79 Å². The van der Waals surface area contributed by atoms with E-state index in [-0.39, 0.29) is 4.75 Å². The van der Waals surface area contributed by atoms with Crippen molar-refractivity contribution in [2.45, 2.75) is 23.6 Å². The maximum Gasteiger partial charge on any atom is 0.227 e. The third-order valence-electron chi connectivity index (χ3n) is 2.08. The van der Waals surface area contributed by atoms with E-state index in [4.69, 9.17) is 11.3 Å². The topological polar surface area (TPSA) is 91.8 Å². The average Bonchev–Trinajstić information content (AvgIpc) is 2.80. The van der Waals surface area contributed by atoms with E-state index < -0.39 is 11.9 Å². The first-order chi connectivity index (χ1) is 5.66. The second kappa shape index (κ2) is 3.25. The molecule has 5 nitrogen and oxygen atoms in total. The molecule has 0 spiro atoms. The van der Waals surface area contributed by atoms with Gasteiger partial charge in [0.1, 0.15) is 6.04 Å². The van der Waals surface area contributed by atoms with Crippen LogP contribution in [0.1, 0.15) is 12.8 Å². The van der Waals surface area contributed by atoms with Crippen LogP contribution in [0.25, 0.3) is 10.4 Å². The highest BCUT2D eigenvalue weighted by molar-refractivity contribution is 8.00. The first-order valence-corrected chi connectivity index (χ1v) is 4.77. The molecule has 1 aliphatic carbocycles. The summed E-state index contributed by atoms with van der Waals surface area (Å²) in [5.41, 5.74) is 13.3. The smallest absolute Gasteiger partial charge is 0.227 e. The van der Waals surface area contributed by atoms with Gasteiger partial charge in [-0.2, -0.15) is 11.8 Å². The molecule has 1 atom stereocenters. The number of nitrogens with zero attached hydrogens (tertiary/aromatic N) is 3. The van der Waals surface area contributed by atoms with Crippen LogP contribution in [-0.2, 0) is 4.79 Å². The Morgan fingerprint density at radius 1 is 1.83 bits per heavy atom. The van der Waals surface area contributed by atoms with Crippen LogP contribution in [0.3, 0.4) is 0 Å². The third kappa shape index (κ3) is 1.49. The number of amides is 1. The lowest BCUT2D eigenvalue weighted by atomic mass is 10.2. The molecular weight excluding hydrogens is 176 g/mol. The van der Waals surface area contributed by atoms with Crippen molar-refractivity contribution in [3.63, 3.8) is 0 Å². The summed E-state index contributed by atoms with van der Waals surface area (Å²) in [6.45, 7) is 0. The minimum Gasteiger partial charge on any atom is -0.369 e. The fourth-order valence-corrected chi connectivity index (χ4v) is 2.08. The summed E-state index contributed by atoms with van der Waals surface area (Å²) in [6, 6.07) is -0.683. The van der Waals surface area contributed by atoms with Gasteiger partial charge in [0.2, 0.25) is 5.91 Å². The van der Waals surface area contributed by atoms with Gasteiger partial charge in [-0.05, 0) is 24.6 Å². The second-order valence-corrected chi connectivity index (χ2v) is 4.00. The van der Waals surface area contributed by atoms with E-state index >= 15 is 0 Å². The molecule has 0 heterocycles. The van der Waals surface area contributed by atoms with Crippen molar-refractivity contribution in [2.75, 3.05) is 6.26 Å². The van der Waals surface area contributed by atoms with E-state index in [9.17, 15) is 4.79 Å². The minimum absolute atomic E-state index is 0.196. The zero-order chi connectivity index (χ0) is 9.19. The Morgan fingerprint density at radius 3 is 2.67 bits per heavy atom. The Labute approximate surface area is 74.3 Å². The SMILES string of the molecule is CSC1(C(N=[N+]=[N-])C(N)=O)CC1. The molecule has 0 saturated heterocycles. The van der Waals surface area contributed by atoms with Crippen LogP contribution < -0.4 is 5.73 Å². The third-order valence-corrected chi connectivity index (χ3v) is 3.53. The van der Waals surface area contributed by atoms with Gasteiger partial charge in [0.05, 0.1) is 0 Å². The molecule has 0 aliphatic heterocycles. The zero-order valence-electron chi connectivity index (χ0n) is 6.73. The predicted molar refractivity (Wildman–Crippen MR) is 47.6 cm³/mol. The molecular formula is C6H10N4OS. The van der Waals surface area contributed by atoms with Crippen LogP contribution in [0, 0.1) is 0 Å². The Balaban J connectivity index is 2.79. The van der Waals surface area contributed by atoms with Gasteiger partial charge in [-0.1, -0.05) is 5.11 Å². The number of carbonyl (C=O) groups is 1. The number of nitrogens with two attached hydrogens (primary N) is 1. The Hall–Kier alpha value is -0.870. The van der Waals surface area contributed by atoms with E-state index in [1.807, 2.05) is 6.26 Å². The molecule has 1 saturated carbocycles. The van der Waals surface area contributed by atoms with Gasteiger partial charge < -0.3 is 5.73 Å². The molecule has 0 aromatic carbocycles. The molecule has 2 N–H and O–H groups in total. The van der Waals surface area contributed by atoms with E-state index in [0.29, 0.717) is 0 Å². The highest BCUT2D eigenvalue weighted by atomic mass is 32.2. The fourth-order valence-electron chi connectivity index (χ4n) is 1.19. The molecule has 6 heteroatoms. The van der Waals surface area contributed by atoms with E-state index in [2.05, 4.69) is 10.0 Å². The maximum absolute atomic E-state index is 10.9. The quantitative estimate of drug-likeness (QED) is 0.403. The zero-order valence-corrected chi connectivity index (χ0v) is 7.54. The monoisotopic (exact) mass is 186 g/mol. The molecule has 1 aliphatic rings. The van der Waals surface area contributed by atoms with Crippen molar-refractivity contribution in [1.82, 2.24) is 0 Å². The van der Waals surface area contributed by atoms with Gasteiger partial charge in [-0.15, -0.1) is 0 Å². The first-order valence-electron chi connectivity index (χ1n) is 3.55. The van der Waals surface area contributed by atoms with Crippen molar-refractivity contribution in [1.29, 1.82) is 0 Å². The van der Waals surface area contributed by atoms with Gasteiger partial charge in [0, 0.05) is 9.66 Å². The van der Waals surface area contributed by atoms with Crippen LogP contribution >= 0.6 is 11.8 Å². The normalized spacial score (nSPS) is 20.8. The summed E-state index contributed by atoms with van der Waals surface area (Å²) in [5, 5.41) is 3.41. The lowest BCUT2D eigenvalue weighted by Gasteiger charge is -2.16. The maximum atomic E-state index is 10.9. The fraction of sp³-hybridized carbons (Fsp3) is 0.833. The summed E-state index contributed by atoms with van der Waals surface area (Å²) < 4.78 is -0.196. The summed E-state index contributed by atoms with van der Waals surface area (Å²) >= 11 is 1.55. The number of primary amides is 1. The van der Waals surface area contributed by atoms with Gasteiger partial charge in [-0.25, -0.2) is 0 Å². The van der Waals surface area contributed by atoms with Gasteiger partial charge >= 0.3 is 0 Å². The molecule has 1 fully saturated rings. The van der Waals surface area contributed by atoms with Gasteiger partial charge in [0.25, 0.3) is 0 Å². The van der Waals surface area contributed by atoms with Crippen molar-refractivity contribution in [2.24, 2.45) is 10.8 Å². The summed E-state index contributed by atoms with van der Waals surface area (Å²) in [4.78, 5) is 13.5. The Kier molecular flexibility index (Phi) is 2.49. The molecule has 0 aromatic heterocycles. The first kappa shape index (κ1) is 9.22. The minimum atomic E-state index is -0.683. The predicted octanol–water partition coefficient (Wildman–Crippen LogP) is 1.05. The number of carbonyl (C=O) groups excluding carboxylic acids is 1. The Morgan fingerprint density at radius 2 is 2.42 bits per heavy atom. The summed E-state index contributed by atoms with van der Waals surface area (Å²) in [5.74, 6) is -0.528. The van der Waals surface area contributed by atoms with Crippen molar-refractivity contribution in [3.05, 3.63) is 10.4 Å². The molecule has 66 valence electrons. The van der Waals surface area contributed by atoms with Gasteiger partial charge in [0.15, 0.2) is 0 Å². The number of azide groups is 1. The van der Waals surface area contributed by atoms with Crippen LogP contribution in [0.2, 0.25) is 0 Å². The highest BCUT2D eigenvalue weighted by Crippen LogP contribution is 2.51. The molecule has 0 bridgehead atoms. The lowest BCUT2D eigenvalue weighted by Crippen LogP contribution is -2.36.